The molecule has 1 rings (SSSR count). The summed E-state index contributed by atoms with van der Waals surface area (Å²) in [6, 6.07) is 5.52. The minimum atomic E-state index is -0.331. The highest BCUT2D eigenvalue weighted by molar-refractivity contribution is 14.1. The average Bonchev–Trinajstić information content (AvgIpc) is 2.19. The summed E-state index contributed by atoms with van der Waals surface area (Å²) < 4.78 is 11.8. The molecule has 3 nitrogen and oxygen atoms in total. The molecular formula is C12H17IO3Si. The molecule has 1 aromatic carbocycles. The van der Waals surface area contributed by atoms with E-state index in [4.69, 9.17) is 9.47 Å². The molecule has 5 heteroatoms. The van der Waals surface area contributed by atoms with Crippen LogP contribution in [0.3, 0.4) is 0 Å². The van der Waals surface area contributed by atoms with Crippen molar-refractivity contribution in [2.45, 2.75) is 26.4 Å². The third kappa shape index (κ3) is 4.67. The maximum absolute atomic E-state index is 11.8. The molecule has 0 aliphatic carbocycles. The third-order valence-electron chi connectivity index (χ3n) is 1.85. The zero-order valence-corrected chi connectivity index (χ0v) is 14.7. The first-order chi connectivity index (χ1) is 7.83. The second-order valence-electron chi connectivity index (χ2n) is 4.58. The van der Waals surface area contributed by atoms with Gasteiger partial charge < -0.3 is 9.47 Å². The van der Waals surface area contributed by atoms with Crippen molar-refractivity contribution in [1.29, 1.82) is 0 Å². The third-order valence-corrected chi connectivity index (χ3v) is 2.81. The lowest BCUT2D eigenvalue weighted by Crippen LogP contribution is -2.24. The van der Waals surface area contributed by atoms with Gasteiger partial charge in [0.05, 0.1) is 16.5 Å². The molecule has 0 spiro atoms. The first kappa shape index (κ1) is 14.5. The monoisotopic (exact) mass is 364 g/mol. The van der Waals surface area contributed by atoms with E-state index in [1.54, 1.807) is 6.07 Å². The molecule has 0 amide bonds. The zero-order valence-electron chi connectivity index (χ0n) is 10.5. The minimum Gasteiger partial charge on any atom is -0.487 e. The maximum atomic E-state index is 11.8. The summed E-state index contributed by atoms with van der Waals surface area (Å²) in [6.07, 6.45) is 0.499. The topological polar surface area (TPSA) is 35.5 Å². The molecule has 0 fully saturated rings. The number of hydrogen-bond donors (Lipinski definition) is 0. The highest BCUT2D eigenvalue weighted by Gasteiger charge is 2.19. The lowest BCUT2D eigenvalue weighted by molar-refractivity contribution is 0.0559. The summed E-state index contributed by atoms with van der Waals surface area (Å²) in [5.41, 5.74) is 0.172. The van der Waals surface area contributed by atoms with Crippen LogP contribution in [-0.4, -0.2) is 28.0 Å². The van der Waals surface area contributed by atoms with Gasteiger partial charge in [-0.1, -0.05) is 0 Å². The number of benzene rings is 1. The molecule has 0 saturated carbocycles. The molecule has 94 valence electrons. The van der Waals surface area contributed by atoms with Gasteiger partial charge in [-0.2, -0.15) is 0 Å². The molecule has 0 saturated heterocycles. The summed E-state index contributed by atoms with van der Waals surface area (Å²) in [7, 11) is 0.841. The van der Waals surface area contributed by atoms with Crippen molar-refractivity contribution >= 4 is 38.8 Å². The van der Waals surface area contributed by atoms with E-state index >= 15 is 0 Å². The summed E-state index contributed by atoms with van der Waals surface area (Å²) in [4.78, 5) is 11.8. The summed E-state index contributed by atoms with van der Waals surface area (Å²) >= 11 is 2.17. The van der Waals surface area contributed by atoms with E-state index in [0.717, 1.165) is 13.8 Å². The van der Waals surface area contributed by atoms with Crippen molar-refractivity contribution < 1.29 is 14.3 Å². The van der Waals surface area contributed by atoms with Gasteiger partial charge in [-0.05, 0) is 61.6 Å². The normalized spacial score (nSPS) is 11.3. The lowest BCUT2D eigenvalue weighted by Gasteiger charge is -2.22. The first-order valence-corrected chi connectivity index (χ1v) is 7.98. The Morgan fingerprint density at radius 3 is 2.59 bits per heavy atom. The molecule has 17 heavy (non-hydrogen) atoms. The number of hydrogen-bond acceptors (Lipinski definition) is 3. The number of halogens is 1. The Labute approximate surface area is 118 Å². The second-order valence-corrected chi connectivity index (χ2v) is 6.40. The first-order valence-electron chi connectivity index (χ1n) is 5.49. The SMILES string of the molecule is CC(C)(C)Oc1ccc(I)cc1C(=O)OC[SiH3]. The van der Waals surface area contributed by atoms with Gasteiger partial charge in [-0.3, -0.25) is 0 Å². The van der Waals surface area contributed by atoms with E-state index in [1.807, 2.05) is 32.9 Å². The number of carbonyl (C=O) groups is 1. The van der Waals surface area contributed by atoms with Gasteiger partial charge in [0.15, 0.2) is 0 Å². The lowest BCUT2D eigenvalue weighted by atomic mass is 10.1. The van der Waals surface area contributed by atoms with Crippen molar-refractivity contribution in [3.05, 3.63) is 27.3 Å². The highest BCUT2D eigenvalue weighted by Crippen LogP contribution is 2.25. The van der Waals surface area contributed by atoms with Crippen LogP contribution in [0.5, 0.6) is 5.75 Å². The van der Waals surface area contributed by atoms with Crippen LogP contribution in [0, 0.1) is 3.57 Å². The highest BCUT2D eigenvalue weighted by atomic mass is 127. The maximum Gasteiger partial charge on any atom is 0.341 e. The zero-order chi connectivity index (χ0) is 13.1. The van der Waals surface area contributed by atoms with Crippen molar-refractivity contribution in [3.63, 3.8) is 0 Å². The predicted octanol–water partition coefficient (Wildman–Crippen LogP) is 1.95. The Kier molecular flexibility index (Phi) is 5.00. The van der Waals surface area contributed by atoms with Gasteiger partial charge >= 0.3 is 5.97 Å². The molecule has 0 aliphatic heterocycles. The van der Waals surface area contributed by atoms with Crippen LogP contribution in [0.2, 0.25) is 0 Å². The fraction of sp³-hybridized carbons (Fsp3) is 0.417. The van der Waals surface area contributed by atoms with Gasteiger partial charge in [0.25, 0.3) is 0 Å². The number of rotatable bonds is 3. The fourth-order valence-electron chi connectivity index (χ4n) is 1.29. The fourth-order valence-corrected chi connectivity index (χ4v) is 2.04. The molecular weight excluding hydrogens is 347 g/mol. The molecule has 0 aromatic heterocycles. The van der Waals surface area contributed by atoms with Gasteiger partial charge in [-0.25, -0.2) is 4.79 Å². The van der Waals surface area contributed by atoms with Gasteiger partial charge in [0.1, 0.15) is 16.9 Å². The van der Waals surface area contributed by atoms with Crippen molar-refractivity contribution in [3.8, 4) is 5.75 Å². The van der Waals surface area contributed by atoms with Gasteiger partial charge in [-0.15, -0.1) is 0 Å². The van der Waals surface area contributed by atoms with Gasteiger partial charge in [0, 0.05) is 3.57 Å². The Bertz CT molecular complexity index is 413. The predicted molar refractivity (Wildman–Crippen MR) is 79.8 cm³/mol. The summed E-state index contributed by atoms with van der Waals surface area (Å²) in [5, 5.41) is 0. The van der Waals surface area contributed by atoms with Crippen LogP contribution in [0.4, 0.5) is 0 Å². The molecule has 0 unspecified atom stereocenters. The minimum absolute atomic E-state index is 0.308. The number of esters is 1. The van der Waals surface area contributed by atoms with Crippen LogP contribution < -0.4 is 4.74 Å². The standard InChI is InChI=1S/C12H17IO3Si/c1-12(2,3)16-10-5-4-8(13)6-9(10)11(14)15-7-17/h4-6H,7H2,1-3,17H3. The van der Waals surface area contributed by atoms with E-state index in [-0.39, 0.29) is 11.6 Å². The molecule has 0 aliphatic rings. The summed E-state index contributed by atoms with van der Waals surface area (Å²) in [5.74, 6) is 0.274. The largest absolute Gasteiger partial charge is 0.487 e. The van der Waals surface area contributed by atoms with Crippen molar-refractivity contribution in [1.82, 2.24) is 0 Å². The van der Waals surface area contributed by atoms with Crippen LogP contribution in [-0.2, 0) is 4.74 Å². The number of ether oxygens (including phenoxy) is 2. The van der Waals surface area contributed by atoms with E-state index in [1.165, 1.54) is 0 Å². The second kappa shape index (κ2) is 5.86. The molecule has 0 bridgehead atoms. The van der Waals surface area contributed by atoms with Crippen molar-refractivity contribution in [2.75, 3.05) is 6.23 Å². The Morgan fingerprint density at radius 1 is 1.41 bits per heavy atom. The van der Waals surface area contributed by atoms with E-state index in [9.17, 15) is 4.79 Å². The average molecular weight is 364 g/mol. The molecule has 0 N–H and O–H groups in total. The molecule has 0 radical (unpaired) electrons. The molecule has 1 aromatic rings. The van der Waals surface area contributed by atoms with Crippen LogP contribution in [0.25, 0.3) is 0 Å². The van der Waals surface area contributed by atoms with Crippen LogP contribution >= 0.6 is 22.6 Å². The molecule has 0 atom stereocenters. The summed E-state index contributed by atoms with van der Waals surface area (Å²) in [6.45, 7) is 5.85. The molecule has 0 heterocycles. The van der Waals surface area contributed by atoms with Crippen LogP contribution in [0.1, 0.15) is 31.1 Å². The smallest absolute Gasteiger partial charge is 0.341 e. The number of carbonyl (C=O) groups excluding carboxylic acids is 1. The van der Waals surface area contributed by atoms with E-state index in [2.05, 4.69) is 22.6 Å². The van der Waals surface area contributed by atoms with E-state index in [0.29, 0.717) is 17.5 Å². The van der Waals surface area contributed by atoms with Gasteiger partial charge in [0.2, 0.25) is 0 Å². The Balaban J connectivity index is 3.08. The Morgan fingerprint density at radius 2 is 2.06 bits per heavy atom. The van der Waals surface area contributed by atoms with E-state index < -0.39 is 0 Å². The Hall–Kier alpha value is -0.563. The van der Waals surface area contributed by atoms with Crippen molar-refractivity contribution in [2.24, 2.45) is 0 Å². The van der Waals surface area contributed by atoms with Crippen LogP contribution in [0.15, 0.2) is 18.2 Å². The quantitative estimate of drug-likeness (QED) is 0.467.